The SMILES string of the molecule is NC(=O)C(c1cc(C(F)(F)F)ccn1)c1cccc(F)n1. The lowest BCUT2D eigenvalue weighted by atomic mass is 9.98. The molecule has 2 heterocycles. The van der Waals surface area contributed by atoms with Crippen molar-refractivity contribution in [3.05, 3.63) is 59.4 Å². The second-order valence-corrected chi connectivity index (χ2v) is 4.19. The Morgan fingerprint density at radius 1 is 1.19 bits per heavy atom. The van der Waals surface area contributed by atoms with Crippen LogP contribution in [0.4, 0.5) is 17.6 Å². The van der Waals surface area contributed by atoms with E-state index in [2.05, 4.69) is 9.97 Å². The Hall–Kier alpha value is -2.51. The van der Waals surface area contributed by atoms with Gasteiger partial charge in [-0.3, -0.25) is 9.78 Å². The number of hydrogen-bond acceptors (Lipinski definition) is 3. The zero-order valence-electron chi connectivity index (χ0n) is 10.4. The first kappa shape index (κ1) is 14.9. The van der Waals surface area contributed by atoms with E-state index in [1.165, 1.54) is 12.1 Å². The van der Waals surface area contributed by atoms with Gasteiger partial charge in [-0.1, -0.05) is 6.07 Å². The molecule has 2 rings (SSSR count). The quantitative estimate of drug-likeness (QED) is 0.698. The van der Waals surface area contributed by atoms with Crippen molar-refractivity contribution in [3.8, 4) is 0 Å². The van der Waals surface area contributed by atoms with E-state index in [0.717, 1.165) is 18.3 Å². The molecule has 1 atom stereocenters. The van der Waals surface area contributed by atoms with Crippen molar-refractivity contribution in [2.45, 2.75) is 12.1 Å². The fourth-order valence-electron chi connectivity index (χ4n) is 1.81. The monoisotopic (exact) mass is 299 g/mol. The van der Waals surface area contributed by atoms with Crippen LogP contribution < -0.4 is 5.73 Å². The number of halogens is 4. The third kappa shape index (κ3) is 3.33. The number of hydrogen-bond donors (Lipinski definition) is 1. The molecule has 0 fully saturated rings. The van der Waals surface area contributed by atoms with Gasteiger partial charge in [0.05, 0.1) is 17.0 Å². The van der Waals surface area contributed by atoms with Crippen molar-refractivity contribution < 1.29 is 22.4 Å². The van der Waals surface area contributed by atoms with Crippen LogP contribution >= 0.6 is 0 Å². The van der Waals surface area contributed by atoms with Crippen LogP contribution in [0.15, 0.2) is 36.5 Å². The molecule has 2 aromatic rings. The molecule has 110 valence electrons. The van der Waals surface area contributed by atoms with Gasteiger partial charge in [0.25, 0.3) is 0 Å². The first-order valence-electron chi connectivity index (χ1n) is 5.74. The molecule has 1 unspecified atom stereocenters. The van der Waals surface area contributed by atoms with Crippen LogP contribution in [0.5, 0.6) is 0 Å². The van der Waals surface area contributed by atoms with Crippen molar-refractivity contribution in [2.75, 3.05) is 0 Å². The third-order valence-corrected chi connectivity index (χ3v) is 2.72. The van der Waals surface area contributed by atoms with E-state index >= 15 is 0 Å². The summed E-state index contributed by atoms with van der Waals surface area (Å²) in [5, 5.41) is 0. The van der Waals surface area contributed by atoms with Crippen molar-refractivity contribution in [1.29, 1.82) is 0 Å². The number of nitrogens with two attached hydrogens (primary N) is 1. The van der Waals surface area contributed by atoms with Crippen LogP contribution in [0.1, 0.15) is 22.9 Å². The smallest absolute Gasteiger partial charge is 0.369 e. The fourth-order valence-corrected chi connectivity index (χ4v) is 1.81. The van der Waals surface area contributed by atoms with Crippen molar-refractivity contribution in [1.82, 2.24) is 9.97 Å². The predicted octanol–water partition coefficient (Wildman–Crippen LogP) is 2.25. The van der Waals surface area contributed by atoms with E-state index in [1.807, 2.05) is 0 Å². The molecule has 0 aliphatic carbocycles. The van der Waals surface area contributed by atoms with E-state index in [0.29, 0.717) is 6.07 Å². The summed E-state index contributed by atoms with van der Waals surface area (Å²) in [6, 6.07) is 5.07. The zero-order valence-corrected chi connectivity index (χ0v) is 10.4. The van der Waals surface area contributed by atoms with Crippen LogP contribution in [-0.4, -0.2) is 15.9 Å². The number of rotatable bonds is 3. The van der Waals surface area contributed by atoms with Gasteiger partial charge in [-0.2, -0.15) is 17.6 Å². The van der Waals surface area contributed by atoms with Crippen LogP contribution in [0.2, 0.25) is 0 Å². The molecule has 0 saturated carbocycles. The summed E-state index contributed by atoms with van der Waals surface area (Å²) in [6.07, 6.45) is -3.68. The van der Waals surface area contributed by atoms with Gasteiger partial charge in [0.2, 0.25) is 11.9 Å². The number of carbonyl (C=O) groups is 1. The maximum absolute atomic E-state index is 13.1. The van der Waals surface area contributed by atoms with E-state index in [-0.39, 0.29) is 11.4 Å². The second-order valence-electron chi connectivity index (χ2n) is 4.19. The number of aromatic nitrogens is 2. The minimum absolute atomic E-state index is 0.102. The van der Waals surface area contributed by atoms with Crippen LogP contribution in [0.25, 0.3) is 0 Å². The molecule has 0 radical (unpaired) electrons. The number of pyridine rings is 2. The van der Waals surface area contributed by atoms with Gasteiger partial charge in [-0.15, -0.1) is 0 Å². The normalized spacial score (nSPS) is 13.0. The Morgan fingerprint density at radius 2 is 1.90 bits per heavy atom. The largest absolute Gasteiger partial charge is 0.416 e. The van der Waals surface area contributed by atoms with Crippen LogP contribution in [0, 0.1) is 5.95 Å². The Morgan fingerprint density at radius 3 is 2.48 bits per heavy atom. The molecule has 0 bridgehead atoms. The average molecular weight is 299 g/mol. The first-order valence-corrected chi connectivity index (χ1v) is 5.74. The van der Waals surface area contributed by atoms with Gasteiger partial charge in [-0.05, 0) is 24.3 Å². The van der Waals surface area contributed by atoms with Gasteiger partial charge in [-0.25, -0.2) is 4.98 Å². The summed E-state index contributed by atoms with van der Waals surface area (Å²) >= 11 is 0. The fraction of sp³-hybridized carbons (Fsp3) is 0.154. The number of amides is 1. The maximum Gasteiger partial charge on any atom is 0.416 e. The molecule has 21 heavy (non-hydrogen) atoms. The Balaban J connectivity index is 2.52. The molecular formula is C13H9F4N3O. The predicted molar refractivity (Wildman–Crippen MR) is 64.5 cm³/mol. The molecule has 0 spiro atoms. The van der Waals surface area contributed by atoms with Crippen molar-refractivity contribution in [3.63, 3.8) is 0 Å². The summed E-state index contributed by atoms with van der Waals surface area (Å²) in [6.45, 7) is 0. The Kier molecular flexibility index (Phi) is 3.88. The van der Waals surface area contributed by atoms with Crippen molar-refractivity contribution in [2.24, 2.45) is 5.73 Å². The van der Waals surface area contributed by atoms with Crippen LogP contribution in [-0.2, 0) is 11.0 Å². The van der Waals surface area contributed by atoms with Gasteiger partial charge in [0.1, 0.15) is 5.92 Å². The highest BCUT2D eigenvalue weighted by molar-refractivity contribution is 5.84. The Labute approximate surface area is 116 Å². The van der Waals surface area contributed by atoms with Gasteiger partial charge in [0, 0.05) is 6.20 Å². The van der Waals surface area contributed by atoms with E-state index in [1.54, 1.807) is 0 Å². The summed E-state index contributed by atoms with van der Waals surface area (Å²) < 4.78 is 51.1. The highest BCUT2D eigenvalue weighted by Crippen LogP contribution is 2.31. The molecule has 0 aliphatic rings. The lowest BCUT2D eigenvalue weighted by Crippen LogP contribution is -2.24. The maximum atomic E-state index is 13.1. The van der Waals surface area contributed by atoms with Gasteiger partial charge in [0.15, 0.2) is 0 Å². The molecule has 2 N–H and O–H groups in total. The number of nitrogens with zero attached hydrogens (tertiary/aromatic N) is 2. The highest BCUT2D eigenvalue weighted by atomic mass is 19.4. The molecule has 0 saturated heterocycles. The summed E-state index contributed by atoms with van der Waals surface area (Å²) in [5.41, 5.74) is 3.87. The second kappa shape index (κ2) is 5.47. The molecule has 8 heteroatoms. The first-order chi connectivity index (χ1) is 9.79. The van der Waals surface area contributed by atoms with E-state index < -0.39 is 29.5 Å². The summed E-state index contributed by atoms with van der Waals surface area (Å²) in [4.78, 5) is 18.7. The summed E-state index contributed by atoms with van der Waals surface area (Å²) in [5.74, 6) is -3.20. The van der Waals surface area contributed by atoms with E-state index in [4.69, 9.17) is 5.73 Å². The molecule has 2 aromatic heterocycles. The molecule has 0 aromatic carbocycles. The number of primary amides is 1. The number of carbonyl (C=O) groups excluding carboxylic acids is 1. The lowest BCUT2D eigenvalue weighted by molar-refractivity contribution is -0.137. The van der Waals surface area contributed by atoms with Crippen molar-refractivity contribution >= 4 is 5.91 Å². The molecule has 0 aliphatic heterocycles. The third-order valence-electron chi connectivity index (χ3n) is 2.72. The number of alkyl halides is 3. The average Bonchev–Trinajstić information content (AvgIpc) is 2.38. The summed E-state index contributed by atoms with van der Waals surface area (Å²) in [7, 11) is 0. The topological polar surface area (TPSA) is 68.9 Å². The molecule has 1 amide bonds. The van der Waals surface area contributed by atoms with Gasteiger partial charge >= 0.3 is 6.18 Å². The van der Waals surface area contributed by atoms with Gasteiger partial charge < -0.3 is 5.73 Å². The van der Waals surface area contributed by atoms with E-state index in [9.17, 15) is 22.4 Å². The highest BCUT2D eigenvalue weighted by Gasteiger charge is 2.32. The lowest BCUT2D eigenvalue weighted by Gasteiger charge is -2.14. The van der Waals surface area contributed by atoms with Crippen LogP contribution in [0.3, 0.4) is 0 Å². The molecule has 4 nitrogen and oxygen atoms in total. The minimum atomic E-state index is -4.59. The standard InChI is InChI=1S/C13H9F4N3O/c14-10-3-1-2-8(20-10)11(12(18)21)9-6-7(4-5-19-9)13(15,16)17/h1-6,11H,(H2,18,21). The minimum Gasteiger partial charge on any atom is -0.369 e. The molecular weight excluding hydrogens is 290 g/mol. The Bertz CT molecular complexity index is 672. The zero-order chi connectivity index (χ0) is 15.6.